The maximum absolute atomic E-state index is 13.5. The number of rotatable bonds is 5. The largest absolute Gasteiger partial charge is 0.478 e. The monoisotopic (exact) mass is 254 g/mol. The normalized spacial score (nSPS) is 12.5. The first-order valence-corrected chi connectivity index (χ1v) is 5.89. The maximum atomic E-state index is 13.5. The second kappa shape index (κ2) is 5.71. The van der Waals surface area contributed by atoms with Gasteiger partial charge in [0.1, 0.15) is 5.82 Å². The molecule has 0 radical (unpaired) electrons. The SMILES string of the molecule is CC(C)C(C)CNc1cc(F)c(C(=O)O)cc1N. The average molecular weight is 254 g/mol. The van der Waals surface area contributed by atoms with Crippen molar-refractivity contribution in [2.24, 2.45) is 11.8 Å². The zero-order valence-electron chi connectivity index (χ0n) is 10.8. The highest BCUT2D eigenvalue weighted by Crippen LogP contribution is 2.24. The molecule has 0 fully saturated rings. The number of hydrogen-bond donors (Lipinski definition) is 3. The molecule has 0 amide bonds. The van der Waals surface area contributed by atoms with Gasteiger partial charge in [-0.05, 0) is 24.0 Å². The summed E-state index contributed by atoms with van der Waals surface area (Å²) in [7, 11) is 0. The van der Waals surface area contributed by atoms with Crippen LogP contribution in [0.15, 0.2) is 12.1 Å². The van der Waals surface area contributed by atoms with E-state index in [-0.39, 0.29) is 5.69 Å². The predicted octanol–water partition coefficient (Wildman–Crippen LogP) is 2.81. The number of anilines is 2. The first-order valence-electron chi connectivity index (χ1n) is 5.89. The Hall–Kier alpha value is -1.78. The summed E-state index contributed by atoms with van der Waals surface area (Å²) in [6.45, 7) is 6.94. The molecule has 18 heavy (non-hydrogen) atoms. The summed E-state index contributed by atoms with van der Waals surface area (Å²) < 4.78 is 13.5. The minimum absolute atomic E-state index is 0.241. The van der Waals surface area contributed by atoms with Gasteiger partial charge in [0.15, 0.2) is 0 Å². The quantitative estimate of drug-likeness (QED) is 0.706. The summed E-state index contributed by atoms with van der Waals surface area (Å²) in [5.74, 6) is -1.19. The van der Waals surface area contributed by atoms with E-state index in [2.05, 4.69) is 26.1 Å². The molecule has 0 saturated heterocycles. The van der Waals surface area contributed by atoms with E-state index in [1.807, 2.05) is 0 Å². The van der Waals surface area contributed by atoms with Crippen LogP contribution >= 0.6 is 0 Å². The summed E-state index contributed by atoms with van der Waals surface area (Å²) in [5.41, 5.74) is 5.97. The van der Waals surface area contributed by atoms with Crippen molar-refractivity contribution in [1.82, 2.24) is 0 Å². The molecule has 0 aliphatic carbocycles. The Morgan fingerprint density at radius 2 is 2.06 bits per heavy atom. The number of benzene rings is 1. The highest BCUT2D eigenvalue weighted by atomic mass is 19.1. The van der Waals surface area contributed by atoms with E-state index in [1.165, 1.54) is 0 Å². The summed E-state index contributed by atoms with van der Waals surface area (Å²) in [6, 6.07) is 2.27. The Bertz CT molecular complexity index is 447. The van der Waals surface area contributed by atoms with Crippen LogP contribution in [-0.2, 0) is 0 Å². The maximum Gasteiger partial charge on any atom is 0.338 e. The molecule has 1 aromatic rings. The van der Waals surface area contributed by atoms with Gasteiger partial charge in [0, 0.05) is 6.54 Å². The van der Waals surface area contributed by atoms with Gasteiger partial charge in [0.25, 0.3) is 0 Å². The fraction of sp³-hybridized carbons (Fsp3) is 0.462. The molecular weight excluding hydrogens is 235 g/mol. The Balaban J connectivity index is 2.85. The Morgan fingerprint density at radius 3 is 2.56 bits per heavy atom. The van der Waals surface area contributed by atoms with Crippen molar-refractivity contribution in [1.29, 1.82) is 0 Å². The van der Waals surface area contributed by atoms with E-state index in [0.29, 0.717) is 24.1 Å². The predicted molar refractivity (Wildman–Crippen MR) is 70.3 cm³/mol. The van der Waals surface area contributed by atoms with Gasteiger partial charge in [-0.25, -0.2) is 9.18 Å². The summed E-state index contributed by atoms with van der Waals surface area (Å²) in [5, 5.41) is 11.8. The van der Waals surface area contributed by atoms with Crippen LogP contribution in [0.2, 0.25) is 0 Å². The second-order valence-corrected chi connectivity index (χ2v) is 4.83. The number of carboxylic acids is 1. The molecule has 1 atom stereocenters. The molecule has 100 valence electrons. The lowest BCUT2D eigenvalue weighted by molar-refractivity contribution is 0.0692. The lowest BCUT2D eigenvalue weighted by Crippen LogP contribution is -2.17. The van der Waals surface area contributed by atoms with Gasteiger partial charge in [0.05, 0.1) is 16.9 Å². The third-order valence-corrected chi connectivity index (χ3v) is 3.12. The number of aromatic carboxylic acids is 1. The highest BCUT2D eigenvalue weighted by Gasteiger charge is 2.14. The van der Waals surface area contributed by atoms with Crippen LogP contribution in [0.25, 0.3) is 0 Å². The Labute approximate surface area is 106 Å². The number of nitrogens with one attached hydrogen (secondary N) is 1. The van der Waals surface area contributed by atoms with Crippen molar-refractivity contribution < 1.29 is 14.3 Å². The highest BCUT2D eigenvalue weighted by molar-refractivity contribution is 5.90. The fourth-order valence-corrected chi connectivity index (χ4v) is 1.41. The second-order valence-electron chi connectivity index (χ2n) is 4.83. The van der Waals surface area contributed by atoms with Crippen LogP contribution in [0.1, 0.15) is 31.1 Å². The van der Waals surface area contributed by atoms with Crippen molar-refractivity contribution in [3.05, 3.63) is 23.5 Å². The summed E-state index contributed by atoms with van der Waals surface area (Å²) >= 11 is 0. The zero-order chi connectivity index (χ0) is 13.9. The molecule has 0 spiro atoms. The molecule has 0 aliphatic heterocycles. The first-order chi connectivity index (χ1) is 8.32. The lowest BCUT2D eigenvalue weighted by atomic mass is 9.98. The lowest BCUT2D eigenvalue weighted by Gasteiger charge is -2.18. The first kappa shape index (κ1) is 14.3. The molecular formula is C13H19FN2O2. The van der Waals surface area contributed by atoms with Gasteiger partial charge in [-0.1, -0.05) is 20.8 Å². The van der Waals surface area contributed by atoms with Crippen molar-refractivity contribution in [3.63, 3.8) is 0 Å². The van der Waals surface area contributed by atoms with E-state index in [0.717, 1.165) is 12.1 Å². The van der Waals surface area contributed by atoms with Crippen molar-refractivity contribution in [2.75, 3.05) is 17.6 Å². The van der Waals surface area contributed by atoms with Crippen LogP contribution in [-0.4, -0.2) is 17.6 Å². The van der Waals surface area contributed by atoms with Gasteiger partial charge < -0.3 is 16.2 Å². The van der Waals surface area contributed by atoms with Crippen molar-refractivity contribution in [3.8, 4) is 0 Å². The van der Waals surface area contributed by atoms with Gasteiger partial charge in [-0.15, -0.1) is 0 Å². The van der Waals surface area contributed by atoms with Crippen molar-refractivity contribution >= 4 is 17.3 Å². The molecule has 0 bridgehead atoms. The van der Waals surface area contributed by atoms with Gasteiger partial charge >= 0.3 is 5.97 Å². The molecule has 1 unspecified atom stereocenters. The summed E-state index contributed by atoms with van der Waals surface area (Å²) in [6.07, 6.45) is 0. The van der Waals surface area contributed by atoms with Crippen LogP contribution in [0.5, 0.6) is 0 Å². The molecule has 0 heterocycles. The molecule has 1 aromatic carbocycles. The molecule has 4 N–H and O–H groups in total. The summed E-state index contributed by atoms with van der Waals surface area (Å²) in [4.78, 5) is 10.7. The number of halogens is 1. The molecule has 1 rings (SSSR count). The topological polar surface area (TPSA) is 75.3 Å². The molecule has 5 heteroatoms. The van der Waals surface area contributed by atoms with Gasteiger partial charge in [0.2, 0.25) is 0 Å². The number of carbonyl (C=O) groups is 1. The fourth-order valence-electron chi connectivity index (χ4n) is 1.41. The van der Waals surface area contributed by atoms with Crippen LogP contribution in [0, 0.1) is 17.7 Å². The average Bonchev–Trinajstić information content (AvgIpc) is 2.28. The Kier molecular flexibility index (Phi) is 4.53. The molecule has 0 aliphatic rings. The minimum atomic E-state index is -1.32. The third-order valence-electron chi connectivity index (χ3n) is 3.12. The van der Waals surface area contributed by atoms with Crippen LogP contribution in [0.3, 0.4) is 0 Å². The third kappa shape index (κ3) is 3.35. The van der Waals surface area contributed by atoms with Gasteiger partial charge in [-0.3, -0.25) is 0 Å². The van der Waals surface area contributed by atoms with E-state index < -0.39 is 17.3 Å². The molecule has 4 nitrogen and oxygen atoms in total. The smallest absolute Gasteiger partial charge is 0.338 e. The number of carboxylic acid groups (broad SMARTS) is 1. The van der Waals surface area contributed by atoms with E-state index in [1.54, 1.807) is 0 Å². The van der Waals surface area contributed by atoms with E-state index in [4.69, 9.17) is 10.8 Å². The van der Waals surface area contributed by atoms with E-state index in [9.17, 15) is 9.18 Å². The standard InChI is InChI=1S/C13H19FN2O2/c1-7(2)8(3)6-16-12-5-10(14)9(13(17)18)4-11(12)15/h4-5,7-8,16H,6,15H2,1-3H3,(H,17,18). The van der Waals surface area contributed by atoms with E-state index >= 15 is 0 Å². The van der Waals surface area contributed by atoms with Crippen LogP contribution in [0.4, 0.5) is 15.8 Å². The Morgan fingerprint density at radius 1 is 1.44 bits per heavy atom. The number of nitrogen functional groups attached to an aromatic ring is 1. The molecule has 0 saturated carbocycles. The number of hydrogen-bond acceptors (Lipinski definition) is 3. The zero-order valence-corrected chi connectivity index (χ0v) is 10.8. The van der Waals surface area contributed by atoms with Gasteiger partial charge in [-0.2, -0.15) is 0 Å². The van der Waals surface area contributed by atoms with Crippen molar-refractivity contribution in [2.45, 2.75) is 20.8 Å². The number of nitrogens with two attached hydrogens (primary N) is 1. The minimum Gasteiger partial charge on any atom is -0.478 e. The molecule has 0 aromatic heterocycles. The van der Waals surface area contributed by atoms with Crippen LogP contribution < -0.4 is 11.1 Å².